The van der Waals surface area contributed by atoms with Crippen molar-refractivity contribution in [3.63, 3.8) is 0 Å². The highest BCUT2D eigenvalue weighted by Gasteiger charge is 2.44. The van der Waals surface area contributed by atoms with Crippen molar-refractivity contribution in [3.8, 4) is 0 Å². The molecule has 0 aliphatic rings. The first-order valence-corrected chi connectivity index (χ1v) is 6.84. The lowest BCUT2D eigenvalue weighted by Gasteiger charge is -2.40. The number of rotatable bonds is 10. The summed E-state index contributed by atoms with van der Waals surface area (Å²) in [6, 6.07) is -1.17. The van der Waals surface area contributed by atoms with Crippen molar-refractivity contribution in [1.29, 1.82) is 0 Å². The molecule has 0 aromatic rings. The molecule has 122 valence electrons. The average Bonchev–Trinajstić information content (AvgIpc) is 2.26. The molecule has 0 spiro atoms. The molecule has 0 aromatic carbocycles. The van der Waals surface area contributed by atoms with E-state index in [1.807, 2.05) is 6.92 Å². The van der Waals surface area contributed by atoms with Gasteiger partial charge in [-0.15, -0.1) is 9.71 Å². The van der Waals surface area contributed by atoms with Crippen LogP contribution in [0.25, 0.3) is 0 Å². The summed E-state index contributed by atoms with van der Waals surface area (Å²) < 4.78 is -0.0998. The zero-order valence-electron chi connectivity index (χ0n) is 13.8. The van der Waals surface area contributed by atoms with Crippen LogP contribution in [-0.4, -0.2) is 91.8 Å². The molecule has 2 atom stereocenters. The van der Waals surface area contributed by atoms with Crippen LogP contribution in [0.15, 0.2) is 0 Å². The number of nitrogens with one attached hydrogen (secondary N) is 1. The molecule has 0 heterocycles. The van der Waals surface area contributed by atoms with Gasteiger partial charge < -0.3 is 9.59 Å². The SMILES string of the molecule is CCC[N+](CC(=O)C(C(=O)O)[N+](C)(C)C)(NC=O)N(C)C. The maximum absolute atomic E-state index is 12.5. The molecule has 0 rings (SSSR count). The fraction of sp³-hybridized carbons (Fsp3) is 0.769. The van der Waals surface area contributed by atoms with Crippen LogP contribution in [0.2, 0.25) is 0 Å². The minimum absolute atomic E-state index is 0.00515. The Morgan fingerprint density at radius 2 is 1.81 bits per heavy atom. The second kappa shape index (κ2) is 7.48. The van der Waals surface area contributed by atoms with Gasteiger partial charge in [0.15, 0.2) is 6.54 Å². The van der Waals surface area contributed by atoms with Crippen LogP contribution < -0.4 is 5.43 Å². The Labute approximate surface area is 126 Å². The van der Waals surface area contributed by atoms with Crippen molar-refractivity contribution in [1.82, 2.24) is 10.4 Å². The first kappa shape index (κ1) is 19.5. The zero-order valence-corrected chi connectivity index (χ0v) is 13.8. The summed E-state index contributed by atoms with van der Waals surface area (Å²) in [5, 5.41) is 11.0. The molecule has 21 heavy (non-hydrogen) atoms. The number of hydrogen-bond acceptors (Lipinski definition) is 4. The lowest BCUT2D eigenvalue weighted by atomic mass is 10.1. The third-order valence-corrected chi connectivity index (χ3v) is 3.38. The highest BCUT2D eigenvalue weighted by atomic mass is 16.4. The second-order valence-corrected chi connectivity index (χ2v) is 6.22. The van der Waals surface area contributed by atoms with E-state index < -0.39 is 17.8 Å². The van der Waals surface area contributed by atoms with Gasteiger partial charge in [0.2, 0.25) is 0 Å². The number of carbonyl (C=O) groups excluding carboxylic acids is 2. The predicted octanol–water partition coefficient (Wildman–Crippen LogP) is -0.921. The van der Waals surface area contributed by atoms with E-state index in [0.29, 0.717) is 13.0 Å². The molecule has 0 aliphatic carbocycles. The Hall–Kier alpha value is -1.51. The van der Waals surface area contributed by atoms with Crippen molar-refractivity contribution in [2.75, 3.05) is 48.3 Å². The molecule has 0 saturated carbocycles. The largest absolute Gasteiger partial charge is 0.476 e. The lowest BCUT2D eigenvalue weighted by molar-refractivity contribution is -1.05. The summed E-state index contributed by atoms with van der Waals surface area (Å²) >= 11 is 0. The molecule has 0 radical (unpaired) electrons. The number of carbonyl (C=O) groups is 3. The van der Waals surface area contributed by atoms with E-state index in [1.54, 1.807) is 40.2 Å². The van der Waals surface area contributed by atoms with Gasteiger partial charge in [0.05, 0.1) is 21.1 Å². The fourth-order valence-corrected chi connectivity index (χ4v) is 2.36. The third kappa shape index (κ3) is 5.07. The Morgan fingerprint density at radius 1 is 1.29 bits per heavy atom. The van der Waals surface area contributed by atoms with E-state index in [1.165, 1.54) is 0 Å². The molecular formula is C13H28N4O4+2. The van der Waals surface area contributed by atoms with Crippen molar-refractivity contribution in [3.05, 3.63) is 0 Å². The summed E-state index contributed by atoms with van der Waals surface area (Å²) in [6.45, 7) is 2.33. The smallest absolute Gasteiger partial charge is 0.370 e. The molecule has 8 nitrogen and oxygen atoms in total. The first-order valence-electron chi connectivity index (χ1n) is 6.84. The van der Waals surface area contributed by atoms with E-state index in [0.717, 1.165) is 6.42 Å². The van der Waals surface area contributed by atoms with Crippen molar-refractivity contribution < 1.29 is 28.7 Å². The number of quaternary nitrogens is 2. The Kier molecular flexibility index (Phi) is 6.95. The highest BCUT2D eigenvalue weighted by molar-refractivity contribution is 6.01. The van der Waals surface area contributed by atoms with E-state index >= 15 is 0 Å². The zero-order chi connectivity index (χ0) is 16.8. The third-order valence-electron chi connectivity index (χ3n) is 3.38. The van der Waals surface area contributed by atoms with E-state index in [2.05, 4.69) is 5.43 Å². The van der Waals surface area contributed by atoms with Crippen LogP contribution in [0.5, 0.6) is 0 Å². The van der Waals surface area contributed by atoms with Gasteiger partial charge in [-0.1, -0.05) is 6.92 Å². The molecule has 0 saturated heterocycles. The number of Topliss-reactive ketones (excluding diaryl/α,β-unsaturated/α-hetero) is 1. The number of carboxylic acid groups (broad SMARTS) is 1. The maximum atomic E-state index is 12.5. The monoisotopic (exact) mass is 304 g/mol. The molecule has 0 bridgehead atoms. The van der Waals surface area contributed by atoms with E-state index in [4.69, 9.17) is 0 Å². The van der Waals surface area contributed by atoms with Gasteiger partial charge in [-0.2, -0.15) is 5.43 Å². The number of nitrogens with zero attached hydrogens (tertiary/aromatic N) is 3. The van der Waals surface area contributed by atoms with Gasteiger partial charge >= 0.3 is 5.97 Å². The minimum atomic E-state index is -1.17. The normalized spacial score (nSPS) is 16.1. The molecule has 0 aromatic heterocycles. The molecule has 0 fully saturated rings. The standard InChI is InChI=1S/C13H26N4O4/c1-7-8-17(14-10-18,15(2)3)9-11(19)12(13(20)21)16(4,5)6/h10,12H,7-9H2,1-6H3/p+2. The Morgan fingerprint density at radius 3 is 2.10 bits per heavy atom. The van der Waals surface area contributed by atoms with Gasteiger partial charge in [-0.25, -0.2) is 4.79 Å². The molecule has 0 aliphatic heterocycles. The van der Waals surface area contributed by atoms with Gasteiger partial charge in [-0.3, -0.25) is 9.59 Å². The number of aliphatic carboxylic acids is 1. The first-order chi connectivity index (χ1) is 9.51. The summed E-state index contributed by atoms with van der Waals surface area (Å²) in [6.07, 6.45) is 1.26. The Bertz CT molecular complexity index is 392. The van der Waals surface area contributed by atoms with Crippen LogP contribution in [0.3, 0.4) is 0 Å². The maximum Gasteiger partial charge on any atom is 0.370 e. The number of carboxylic acids is 1. The van der Waals surface area contributed by atoms with Crippen LogP contribution >= 0.6 is 0 Å². The van der Waals surface area contributed by atoms with Crippen LogP contribution in [0.1, 0.15) is 13.3 Å². The van der Waals surface area contributed by atoms with Crippen LogP contribution in [0, 0.1) is 0 Å². The topological polar surface area (TPSA) is 86.7 Å². The van der Waals surface area contributed by atoms with Crippen molar-refractivity contribution in [2.45, 2.75) is 19.4 Å². The molecule has 2 N–H and O–H groups in total. The van der Waals surface area contributed by atoms with Gasteiger partial charge in [0.25, 0.3) is 18.2 Å². The summed E-state index contributed by atoms with van der Waals surface area (Å²) in [5.74, 6) is -1.58. The van der Waals surface area contributed by atoms with E-state index in [9.17, 15) is 19.5 Å². The lowest BCUT2D eigenvalue weighted by Crippen LogP contribution is -2.69. The summed E-state index contributed by atoms with van der Waals surface area (Å²) in [7, 11) is 8.46. The number of amides is 1. The Balaban J connectivity index is 5.45. The fourth-order valence-electron chi connectivity index (χ4n) is 2.36. The second-order valence-electron chi connectivity index (χ2n) is 6.22. The van der Waals surface area contributed by atoms with Crippen molar-refractivity contribution >= 4 is 18.2 Å². The quantitative estimate of drug-likeness (QED) is 0.236. The summed E-state index contributed by atoms with van der Waals surface area (Å²) in [5.41, 5.74) is 2.63. The number of hydrogen-bond donors (Lipinski definition) is 2. The highest BCUT2D eigenvalue weighted by Crippen LogP contribution is 2.12. The molecule has 2 unspecified atom stereocenters. The summed E-state index contributed by atoms with van der Waals surface area (Å²) in [4.78, 5) is 34.8. The number of ketones is 1. The van der Waals surface area contributed by atoms with Crippen molar-refractivity contribution in [2.24, 2.45) is 0 Å². The number of likely N-dealkylation sites (N-methyl/N-ethyl adjacent to an activating group) is 1. The average molecular weight is 304 g/mol. The van der Waals surface area contributed by atoms with E-state index in [-0.39, 0.29) is 15.7 Å². The molecular weight excluding hydrogens is 276 g/mol. The van der Waals surface area contributed by atoms with Gasteiger partial charge in [-0.05, 0) is 6.42 Å². The predicted molar refractivity (Wildman–Crippen MR) is 77.6 cm³/mol. The van der Waals surface area contributed by atoms with Crippen LogP contribution in [0.4, 0.5) is 0 Å². The van der Waals surface area contributed by atoms with Gasteiger partial charge in [0.1, 0.15) is 6.54 Å². The minimum Gasteiger partial charge on any atom is -0.476 e. The molecule has 1 amide bonds. The van der Waals surface area contributed by atoms with Crippen LogP contribution in [-0.2, 0) is 14.4 Å². The van der Waals surface area contributed by atoms with Gasteiger partial charge in [0, 0.05) is 14.1 Å². The molecule has 8 heteroatoms.